The monoisotopic (exact) mass is 406 g/mol. The average Bonchev–Trinajstić information content (AvgIpc) is 2.33. The van der Waals surface area contributed by atoms with Crippen LogP contribution in [-0.4, -0.2) is 28.5 Å². The molecule has 0 radical (unpaired) electrons. The van der Waals surface area contributed by atoms with Gasteiger partial charge in [-0.1, -0.05) is 0 Å². The van der Waals surface area contributed by atoms with Crippen molar-refractivity contribution in [1.82, 2.24) is 0 Å². The van der Waals surface area contributed by atoms with Gasteiger partial charge >= 0.3 is 132 Å². The molecule has 1 heterocycles. The predicted molar refractivity (Wildman–Crippen MR) is 96.5 cm³/mol. The Kier molecular flexibility index (Phi) is 7.69. The Morgan fingerprint density at radius 2 is 1.40 bits per heavy atom. The molecule has 20 heavy (non-hydrogen) atoms. The van der Waals surface area contributed by atoms with Gasteiger partial charge in [0.2, 0.25) is 0 Å². The van der Waals surface area contributed by atoms with Gasteiger partial charge < -0.3 is 0 Å². The zero-order valence-corrected chi connectivity index (χ0v) is 19.2. The van der Waals surface area contributed by atoms with Gasteiger partial charge in [0.1, 0.15) is 0 Å². The topological polar surface area (TPSA) is 9.23 Å². The number of unbranched alkanes of at least 4 members (excludes halogenated alkanes) is 4. The third-order valence-corrected chi connectivity index (χ3v) is 58.3. The van der Waals surface area contributed by atoms with Crippen LogP contribution < -0.4 is 0 Å². The number of rotatable bonds is 8. The van der Waals surface area contributed by atoms with Gasteiger partial charge in [0.25, 0.3) is 0 Å². The van der Waals surface area contributed by atoms with E-state index >= 15 is 0 Å². The van der Waals surface area contributed by atoms with Gasteiger partial charge in [-0.25, -0.2) is 0 Å². The van der Waals surface area contributed by atoms with Crippen molar-refractivity contribution in [1.29, 1.82) is 0 Å². The molecule has 3 heteroatoms. The molecule has 0 aromatic heterocycles. The average molecular weight is 404 g/mol. The fraction of sp³-hybridized carbons (Fsp3) is 1.00. The molecule has 0 N–H and O–H groups in total. The van der Waals surface area contributed by atoms with E-state index < -0.39 is 22.9 Å². The minimum absolute atomic E-state index is 0.188. The maximum atomic E-state index is 6.81. The Labute approximate surface area is 132 Å². The zero-order valence-electron chi connectivity index (χ0n) is 15.0. The van der Waals surface area contributed by atoms with E-state index in [-0.39, 0.29) is 5.60 Å². The van der Waals surface area contributed by atoms with Gasteiger partial charge in [-0.05, 0) is 0 Å². The van der Waals surface area contributed by atoms with Crippen molar-refractivity contribution in [2.45, 2.75) is 106 Å². The van der Waals surface area contributed by atoms with Gasteiger partial charge in [-0.2, -0.15) is 0 Å². The van der Waals surface area contributed by atoms with Crippen LogP contribution in [0.5, 0.6) is 0 Å². The number of hydrogen-bond acceptors (Lipinski definition) is 1. The van der Waals surface area contributed by atoms with Crippen molar-refractivity contribution in [2.75, 3.05) is 0 Å². The first-order chi connectivity index (χ1) is 9.29. The molecule has 1 saturated heterocycles. The van der Waals surface area contributed by atoms with Crippen LogP contribution in [0.1, 0.15) is 72.6 Å². The van der Waals surface area contributed by atoms with E-state index in [4.69, 9.17) is 3.76 Å². The maximum absolute atomic E-state index is 6.81. The third-order valence-electron chi connectivity index (χ3n) is 5.53. The summed E-state index contributed by atoms with van der Waals surface area (Å²) in [5, 5.41) is 4.87. The summed E-state index contributed by atoms with van der Waals surface area (Å²) >= 11 is -3.69. The first-order valence-electron chi connectivity index (χ1n) is 8.99. The molecule has 0 aliphatic carbocycles. The van der Waals surface area contributed by atoms with Crippen molar-refractivity contribution in [3.63, 3.8) is 0 Å². The van der Waals surface area contributed by atoms with Crippen LogP contribution in [0.2, 0.25) is 27.3 Å². The van der Waals surface area contributed by atoms with Crippen molar-refractivity contribution in [3.05, 3.63) is 0 Å². The van der Waals surface area contributed by atoms with Gasteiger partial charge in [0, 0.05) is 0 Å². The summed E-state index contributed by atoms with van der Waals surface area (Å²) in [6.07, 6.45) is 9.98. The van der Waals surface area contributed by atoms with E-state index in [2.05, 4.69) is 39.2 Å². The summed E-state index contributed by atoms with van der Waals surface area (Å²) in [5.74, 6) is 5.25. The molecular formula is C17H38Ge2O. The Morgan fingerprint density at radius 3 is 1.80 bits per heavy atom. The number of hydrogen-bond donors (Lipinski definition) is 0. The van der Waals surface area contributed by atoms with Crippen molar-refractivity contribution < 1.29 is 3.76 Å². The van der Waals surface area contributed by atoms with Crippen LogP contribution in [0.4, 0.5) is 0 Å². The first kappa shape index (κ1) is 19.1. The molecule has 1 nitrogen and oxygen atoms in total. The van der Waals surface area contributed by atoms with E-state index in [1.165, 1.54) is 44.9 Å². The third kappa shape index (κ3) is 5.05. The second-order valence-corrected chi connectivity index (χ2v) is 48.0. The standard InChI is InChI=1S/C17H38Ge2O/c1-7-9-11-14-19(15-12-10-8-2)16-13-17(3,4)20-18(19,5)6/h7-16H2,1-6H3. The molecule has 0 amide bonds. The second-order valence-electron chi connectivity index (χ2n) is 8.07. The molecule has 120 valence electrons. The van der Waals surface area contributed by atoms with Crippen LogP contribution in [0.3, 0.4) is 0 Å². The van der Waals surface area contributed by atoms with Crippen LogP contribution in [0.15, 0.2) is 0 Å². The molecule has 0 aromatic carbocycles. The fourth-order valence-electron chi connectivity index (χ4n) is 4.10. The molecule has 1 aliphatic heterocycles. The Bertz CT molecular complexity index is 277. The van der Waals surface area contributed by atoms with Crippen LogP contribution >= 0.6 is 0 Å². The summed E-state index contributed by atoms with van der Waals surface area (Å²) in [6, 6.07) is 0. The van der Waals surface area contributed by atoms with Gasteiger partial charge in [-0.15, -0.1) is 0 Å². The fourth-order valence-corrected chi connectivity index (χ4v) is 49.5. The first-order valence-corrected chi connectivity index (χ1v) is 25.0. The Balaban J connectivity index is 2.79. The summed E-state index contributed by atoms with van der Waals surface area (Å²) in [4.78, 5) is 0. The molecule has 0 unspecified atom stereocenters. The van der Waals surface area contributed by atoms with E-state index in [1.54, 1.807) is 15.8 Å². The molecule has 1 aliphatic rings. The van der Waals surface area contributed by atoms with Crippen molar-refractivity contribution in [2.24, 2.45) is 0 Å². The molecule has 0 aromatic rings. The van der Waals surface area contributed by atoms with E-state index in [1.807, 2.05) is 0 Å². The molecule has 0 atom stereocenters. The van der Waals surface area contributed by atoms with Crippen molar-refractivity contribution >= 4 is 22.9 Å². The predicted octanol–water partition coefficient (Wildman–Crippen LogP) is 6.30. The van der Waals surface area contributed by atoms with E-state index in [9.17, 15) is 0 Å². The van der Waals surface area contributed by atoms with Crippen LogP contribution in [0.25, 0.3) is 0 Å². The quantitative estimate of drug-likeness (QED) is 0.341. The van der Waals surface area contributed by atoms with Crippen LogP contribution in [-0.2, 0) is 3.76 Å². The summed E-state index contributed by atoms with van der Waals surface area (Å²) < 4.78 is 6.81. The Hall–Kier alpha value is 1.05. The molecule has 1 rings (SSSR count). The van der Waals surface area contributed by atoms with E-state index in [0.29, 0.717) is 0 Å². The second kappa shape index (κ2) is 8.05. The van der Waals surface area contributed by atoms with Gasteiger partial charge in [0.15, 0.2) is 0 Å². The molecular weight excluding hydrogens is 365 g/mol. The summed E-state index contributed by atoms with van der Waals surface area (Å²) in [7, 11) is 0. The van der Waals surface area contributed by atoms with Crippen molar-refractivity contribution in [3.8, 4) is 0 Å². The van der Waals surface area contributed by atoms with Crippen LogP contribution in [0, 0.1) is 0 Å². The molecule has 0 saturated carbocycles. The Morgan fingerprint density at radius 1 is 0.900 bits per heavy atom. The zero-order chi connectivity index (χ0) is 15.3. The van der Waals surface area contributed by atoms with E-state index in [0.717, 1.165) is 0 Å². The molecule has 1 fully saturated rings. The normalized spacial score (nSPS) is 23.7. The molecule has 0 spiro atoms. The van der Waals surface area contributed by atoms with Gasteiger partial charge in [0.05, 0.1) is 0 Å². The minimum atomic E-state index is -1.99. The van der Waals surface area contributed by atoms with Gasteiger partial charge in [-0.3, -0.25) is 0 Å². The molecule has 0 bridgehead atoms. The summed E-state index contributed by atoms with van der Waals surface area (Å²) in [5.41, 5.74) is 0.188. The SMILES string of the molecule is CCCC[CH2][Ge]1([CH2]CCCC)[CH2]CC(C)(C)[O][Ge]1([CH3])[CH3]. The summed E-state index contributed by atoms with van der Waals surface area (Å²) in [6.45, 7) is 9.35.